The fraction of sp³-hybridized carbons (Fsp3) is 0.900. The molecule has 0 amide bonds. The summed E-state index contributed by atoms with van der Waals surface area (Å²) < 4.78 is 15.1. The topological polar surface area (TPSA) is 56.8 Å². The van der Waals surface area contributed by atoms with E-state index in [0.717, 1.165) is 0 Å². The molecule has 0 fully saturated rings. The van der Waals surface area contributed by atoms with Crippen LogP contribution in [0.15, 0.2) is 0 Å². The molecule has 0 heterocycles. The SMILES string of the molecule is CCOCCOCC(C)(NC)C(=O)OC. The molecule has 0 aromatic heterocycles. The number of carbonyl (C=O) groups excluding carboxylic acids is 1. The van der Waals surface area contributed by atoms with Crippen LogP contribution in [0.4, 0.5) is 0 Å². The van der Waals surface area contributed by atoms with E-state index in [1.54, 1.807) is 14.0 Å². The van der Waals surface area contributed by atoms with Crippen molar-refractivity contribution in [2.75, 3.05) is 40.6 Å². The van der Waals surface area contributed by atoms with Gasteiger partial charge >= 0.3 is 5.97 Å². The molecule has 0 aliphatic heterocycles. The molecule has 0 rings (SSSR count). The van der Waals surface area contributed by atoms with Crippen LogP contribution < -0.4 is 5.32 Å². The van der Waals surface area contributed by atoms with E-state index in [-0.39, 0.29) is 12.6 Å². The molecule has 0 aliphatic rings. The van der Waals surface area contributed by atoms with E-state index >= 15 is 0 Å². The smallest absolute Gasteiger partial charge is 0.328 e. The van der Waals surface area contributed by atoms with Gasteiger partial charge in [0.1, 0.15) is 5.54 Å². The Hall–Kier alpha value is -0.650. The van der Waals surface area contributed by atoms with E-state index in [1.807, 2.05) is 6.92 Å². The highest BCUT2D eigenvalue weighted by Gasteiger charge is 2.32. The zero-order valence-electron chi connectivity index (χ0n) is 9.96. The molecule has 0 spiro atoms. The van der Waals surface area contributed by atoms with Crippen molar-refractivity contribution in [1.82, 2.24) is 5.32 Å². The zero-order valence-corrected chi connectivity index (χ0v) is 9.96. The molecule has 1 unspecified atom stereocenters. The Labute approximate surface area is 91.1 Å². The van der Waals surface area contributed by atoms with Gasteiger partial charge in [-0.2, -0.15) is 0 Å². The Morgan fingerprint density at radius 2 is 1.93 bits per heavy atom. The lowest BCUT2D eigenvalue weighted by molar-refractivity contribution is -0.150. The van der Waals surface area contributed by atoms with E-state index in [4.69, 9.17) is 9.47 Å². The molecular formula is C10H21NO4. The van der Waals surface area contributed by atoms with Gasteiger partial charge in [-0.1, -0.05) is 0 Å². The molecule has 0 saturated carbocycles. The summed E-state index contributed by atoms with van der Waals surface area (Å²) in [5, 5.41) is 2.88. The number of likely N-dealkylation sites (N-methyl/N-ethyl adjacent to an activating group) is 1. The van der Waals surface area contributed by atoms with Gasteiger partial charge in [0.2, 0.25) is 0 Å². The number of hydrogen-bond donors (Lipinski definition) is 1. The van der Waals surface area contributed by atoms with E-state index in [2.05, 4.69) is 10.1 Å². The number of esters is 1. The first kappa shape index (κ1) is 14.3. The maximum atomic E-state index is 11.4. The van der Waals surface area contributed by atoms with Gasteiger partial charge in [0, 0.05) is 6.61 Å². The molecule has 90 valence electrons. The molecule has 15 heavy (non-hydrogen) atoms. The Bertz CT molecular complexity index is 186. The predicted octanol–water partition coefficient (Wildman–Crippen LogP) is 0.191. The van der Waals surface area contributed by atoms with Crippen molar-refractivity contribution in [3.63, 3.8) is 0 Å². The molecule has 0 aromatic carbocycles. The van der Waals surface area contributed by atoms with Crippen molar-refractivity contribution in [3.8, 4) is 0 Å². The number of carbonyl (C=O) groups is 1. The molecule has 1 atom stereocenters. The van der Waals surface area contributed by atoms with Crippen molar-refractivity contribution in [1.29, 1.82) is 0 Å². The monoisotopic (exact) mass is 219 g/mol. The summed E-state index contributed by atoms with van der Waals surface area (Å²) in [6.45, 7) is 5.61. The van der Waals surface area contributed by atoms with Crippen LogP contribution in [0.2, 0.25) is 0 Å². The van der Waals surface area contributed by atoms with Crippen molar-refractivity contribution in [2.24, 2.45) is 0 Å². The van der Waals surface area contributed by atoms with E-state index in [0.29, 0.717) is 19.8 Å². The first-order valence-corrected chi connectivity index (χ1v) is 5.03. The number of nitrogens with one attached hydrogen (secondary N) is 1. The summed E-state index contributed by atoms with van der Waals surface area (Å²) in [7, 11) is 3.06. The summed E-state index contributed by atoms with van der Waals surface area (Å²) in [6, 6.07) is 0. The lowest BCUT2D eigenvalue weighted by atomic mass is 10.1. The Morgan fingerprint density at radius 1 is 1.33 bits per heavy atom. The van der Waals surface area contributed by atoms with Crippen LogP contribution in [-0.4, -0.2) is 52.1 Å². The molecule has 0 saturated heterocycles. The van der Waals surface area contributed by atoms with Gasteiger partial charge in [-0.3, -0.25) is 0 Å². The second kappa shape index (κ2) is 7.62. The van der Waals surface area contributed by atoms with Gasteiger partial charge in [-0.05, 0) is 20.9 Å². The first-order chi connectivity index (χ1) is 7.10. The van der Waals surface area contributed by atoms with Gasteiger partial charge < -0.3 is 19.5 Å². The molecule has 5 nitrogen and oxygen atoms in total. The Kier molecular flexibility index (Phi) is 7.29. The fourth-order valence-electron chi connectivity index (χ4n) is 0.997. The van der Waals surface area contributed by atoms with Crippen LogP contribution in [0.5, 0.6) is 0 Å². The van der Waals surface area contributed by atoms with Gasteiger partial charge in [0.05, 0.1) is 26.9 Å². The zero-order chi connectivity index (χ0) is 11.7. The van der Waals surface area contributed by atoms with E-state index in [9.17, 15) is 4.79 Å². The first-order valence-electron chi connectivity index (χ1n) is 5.03. The van der Waals surface area contributed by atoms with Crippen molar-refractivity contribution >= 4 is 5.97 Å². The van der Waals surface area contributed by atoms with Crippen LogP contribution in [0.1, 0.15) is 13.8 Å². The van der Waals surface area contributed by atoms with Gasteiger partial charge in [0.15, 0.2) is 0 Å². The molecule has 5 heteroatoms. The number of rotatable bonds is 8. The third-order valence-corrected chi connectivity index (χ3v) is 2.15. The average molecular weight is 219 g/mol. The third kappa shape index (κ3) is 5.11. The van der Waals surface area contributed by atoms with Gasteiger partial charge in [-0.15, -0.1) is 0 Å². The molecular weight excluding hydrogens is 198 g/mol. The largest absolute Gasteiger partial charge is 0.468 e. The highest BCUT2D eigenvalue weighted by molar-refractivity contribution is 5.80. The second-order valence-corrected chi connectivity index (χ2v) is 3.32. The Morgan fingerprint density at radius 3 is 2.40 bits per heavy atom. The summed E-state index contributed by atoms with van der Waals surface area (Å²) in [4.78, 5) is 11.4. The minimum absolute atomic E-state index is 0.267. The average Bonchev–Trinajstić information content (AvgIpc) is 2.27. The summed E-state index contributed by atoms with van der Waals surface area (Å²) >= 11 is 0. The molecule has 0 radical (unpaired) electrons. The van der Waals surface area contributed by atoms with Crippen LogP contribution in [-0.2, 0) is 19.0 Å². The third-order valence-electron chi connectivity index (χ3n) is 2.15. The van der Waals surface area contributed by atoms with Gasteiger partial charge in [-0.25, -0.2) is 4.79 Å². The van der Waals surface area contributed by atoms with Crippen LogP contribution in [0, 0.1) is 0 Å². The lowest BCUT2D eigenvalue weighted by Crippen LogP contribution is -2.52. The van der Waals surface area contributed by atoms with E-state index in [1.165, 1.54) is 7.11 Å². The van der Waals surface area contributed by atoms with Gasteiger partial charge in [0.25, 0.3) is 0 Å². The molecule has 0 bridgehead atoms. The standard InChI is InChI=1S/C10H21NO4/c1-5-14-6-7-15-8-10(2,11-3)9(12)13-4/h11H,5-8H2,1-4H3. The number of ether oxygens (including phenoxy) is 3. The minimum atomic E-state index is -0.791. The van der Waals surface area contributed by atoms with Crippen LogP contribution in [0.25, 0.3) is 0 Å². The summed E-state index contributed by atoms with van der Waals surface area (Å²) in [6.07, 6.45) is 0. The second-order valence-electron chi connectivity index (χ2n) is 3.32. The minimum Gasteiger partial charge on any atom is -0.468 e. The molecule has 0 aliphatic carbocycles. The molecule has 1 N–H and O–H groups in total. The predicted molar refractivity (Wildman–Crippen MR) is 56.8 cm³/mol. The highest BCUT2D eigenvalue weighted by Crippen LogP contribution is 2.05. The number of hydrogen-bond acceptors (Lipinski definition) is 5. The quantitative estimate of drug-likeness (QED) is 0.466. The van der Waals surface area contributed by atoms with Crippen molar-refractivity contribution < 1.29 is 19.0 Å². The van der Waals surface area contributed by atoms with Crippen LogP contribution in [0.3, 0.4) is 0 Å². The number of methoxy groups -OCH3 is 1. The fourth-order valence-corrected chi connectivity index (χ4v) is 0.997. The highest BCUT2D eigenvalue weighted by atomic mass is 16.5. The summed E-state index contributed by atoms with van der Waals surface area (Å²) in [5.41, 5.74) is -0.791. The van der Waals surface area contributed by atoms with Crippen molar-refractivity contribution in [3.05, 3.63) is 0 Å². The molecule has 0 aromatic rings. The maximum Gasteiger partial charge on any atom is 0.328 e. The Balaban J connectivity index is 3.83. The normalized spacial score (nSPS) is 14.7. The summed E-state index contributed by atoms with van der Waals surface area (Å²) in [5.74, 6) is -0.332. The lowest BCUT2D eigenvalue weighted by Gasteiger charge is -2.25. The maximum absolute atomic E-state index is 11.4. The van der Waals surface area contributed by atoms with Crippen LogP contribution >= 0.6 is 0 Å². The van der Waals surface area contributed by atoms with E-state index < -0.39 is 5.54 Å². The van der Waals surface area contributed by atoms with Crippen molar-refractivity contribution in [2.45, 2.75) is 19.4 Å².